The molecule has 0 heterocycles. The summed E-state index contributed by atoms with van der Waals surface area (Å²) in [6.07, 6.45) is 0.356. The molecule has 0 aliphatic carbocycles. The standard InChI is InChI=1S/C32H41N3O5S/c1-7-30(32(37)33-20-23(2)3)34(21-26-9-8-10-28(19-26)40-6)31(36)22-35(27-15-11-24(4)12-16-27)41(38,39)29-17-13-25(5)14-18-29/h8-19,23,30H,7,20-22H2,1-6H3,(H,33,37)/t30-/m1/s1. The Morgan fingerprint density at radius 2 is 1.54 bits per heavy atom. The normalized spacial score (nSPS) is 12.1. The Balaban J connectivity index is 2.05. The van der Waals surface area contributed by atoms with Gasteiger partial charge in [0.05, 0.1) is 17.7 Å². The van der Waals surface area contributed by atoms with Crippen LogP contribution in [0.2, 0.25) is 0 Å². The van der Waals surface area contributed by atoms with Gasteiger partial charge >= 0.3 is 0 Å². The Labute approximate surface area is 244 Å². The van der Waals surface area contributed by atoms with Gasteiger partial charge in [-0.15, -0.1) is 0 Å². The molecule has 1 atom stereocenters. The van der Waals surface area contributed by atoms with Crippen molar-refractivity contribution in [3.8, 4) is 5.75 Å². The van der Waals surface area contributed by atoms with Crippen LogP contribution in [0.4, 0.5) is 5.69 Å². The molecule has 0 saturated heterocycles. The molecule has 0 bridgehead atoms. The third kappa shape index (κ3) is 8.33. The van der Waals surface area contributed by atoms with E-state index in [0.29, 0.717) is 24.4 Å². The smallest absolute Gasteiger partial charge is 0.264 e. The number of methoxy groups -OCH3 is 1. The highest BCUT2D eigenvalue weighted by molar-refractivity contribution is 7.92. The molecule has 9 heteroatoms. The van der Waals surface area contributed by atoms with Crippen LogP contribution in [0, 0.1) is 19.8 Å². The number of amides is 2. The van der Waals surface area contributed by atoms with Crippen LogP contribution in [0.5, 0.6) is 5.75 Å². The number of carbonyl (C=O) groups is 2. The van der Waals surface area contributed by atoms with E-state index in [4.69, 9.17) is 4.74 Å². The topological polar surface area (TPSA) is 96.0 Å². The lowest BCUT2D eigenvalue weighted by Gasteiger charge is -2.33. The van der Waals surface area contributed by atoms with Gasteiger partial charge in [0, 0.05) is 13.1 Å². The highest BCUT2D eigenvalue weighted by Gasteiger charge is 2.33. The molecule has 0 saturated carbocycles. The molecule has 3 aromatic carbocycles. The van der Waals surface area contributed by atoms with Crippen molar-refractivity contribution in [1.29, 1.82) is 0 Å². The molecule has 8 nitrogen and oxygen atoms in total. The lowest BCUT2D eigenvalue weighted by Crippen LogP contribution is -2.52. The molecule has 0 unspecified atom stereocenters. The van der Waals surface area contributed by atoms with E-state index in [2.05, 4.69) is 5.32 Å². The number of benzene rings is 3. The van der Waals surface area contributed by atoms with Crippen molar-refractivity contribution in [3.63, 3.8) is 0 Å². The van der Waals surface area contributed by atoms with E-state index in [-0.39, 0.29) is 23.3 Å². The van der Waals surface area contributed by atoms with Crippen LogP contribution in [-0.4, -0.2) is 51.4 Å². The molecular formula is C32H41N3O5S. The number of carbonyl (C=O) groups excluding carboxylic acids is 2. The summed E-state index contributed by atoms with van der Waals surface area (Å²) in [6, 6.07) is 20.0. The number of aryl methyl sites for hydroxylation is 2. The van der Waals surface area contributed by atoms with Gasteiger partial charge in [-0.1, -0.05) is 68.3 Å². The number of nitrogens with one attached hydrogen (secondary N) is 1. The maximum absolute atomic E-state index is 14.1. The molecule has 0 aliphatic heterocycles. The summed E-state index contributed by atoms with van der Waals surface area (Å²) >= 11 is 0. The second kappa shape index (κ2) is 14.2. The second-order valence-electron chi connectivity index (χ2n) is 10.6. The molecule has 0 aliphatic rings. The van der Waals surface area contributed by atoms with E-state index in [0.717, 1.165) is 21.0 Å². The molecule has 0 radical (unpaired) electrons. The number of anilines is 1. The molecule has 0 fully saturated rings. The van der Waals surface area contributed by atoms with Crippen molar-refractivity contribution >= 4 is 27.5 Å². The van der Waals surface area contributed by atoms with E-state index in [1.807, 2.05) is 46.8 Å². The number of nitrogens with zero attached hydrogens (tertiary/aromatic N) is 2. The highest BCUT2D eigenvalue weighted by Crippen LogP contribution is 2.26. The Morgan fingerprint density at radius 3 is 2.10 bits per heavy atom. The minimum atomic E-state index is -4.10. The highest BCUT2D eigenvalue weighted by atomic mass is 32.2. The average Bonchev–Trinajstić information content (AvgIpc) is 2.95. The number of ether oxygens (including phenoxy) is 1. The van der Waals surface area contributed by atoms with E-state index < -0.39 is 28.5 Å². The fourth-order valence-corrected chi connectivity index (χ4v) is 5.80. The third-order valence-electron chi connectivity index (χ3n) is 6.77. The fraction of sp³-hybridized carbons (Fsp3) is 0.375. The summed E-state index contributed by atoms with van der Waals surface area (Å²) in [5.41, 5.74) is 3.00. The van der Waals surface area contributed by atoms with Gasteiger partial charge in [0.2, 0.25) is 11.8 Å². The molecule has 3 aromatic rings. The second-order valence-corrected chi connectivity index (χ2v) is 12.5. The van der Waals surface area contributed by atoms with Crippen LogP contribution in [0.15, 0.2) is 77.7 Å². The quantitative estimate of drug-likeness (QED) is 0.305. The lowest BCUT2D eigenvalue weighted by atomic mass is 10.1. The minimum Gasteiger partial charge on any atom is -0.497 e. The van der Waals surface area contributed by atoms with Crippen LogP contribution in [-0.2, 0) is 26.2 Å². The summed E-state index contributed by atoms with van der Waals surface area (Å²) in [5.74, 6) is 0.0856. The largest absolute Gasteiger partial charge is 0.497 e. The Hall–Kier alpha value is -3.85. The molecule has 41 heavy (non-hydrogen) atoms. The van der Waals surface area contributed by atoms with Gasteiger partial charge < -0.3 is 15.0 Å². The first kappa shape index (κ1) is 31.7. The maximum atomic E-state index is 14.1. The molecule has 1 N–H and O–H groups in total. The van der Waals surface area contributed by atoms with Gasteiger partial charge in [0.25, 0.3) is 10.0 Å². The van der Waals surface area contributed by atoms with E-state index >= 15 is 0 Å². The third-order valence-corrected chi connectivity index (χ3v) is 8.56. The fourth-order valence-electron chi connectivity index (χ4n) is 4.39. The zero-order valence-electron chi connectivity index (χ0n) is 24.8. The summed E-state index contributed by atoms with van der Waals surface area (Å²) < 4.78 is 34.4. The van der Waals surface area contributed by atoms with E-state index in [1.165, 1.54) is 4.90 Å². The van der Waals surface area contributed by atoms with Gasteiger partial charge in [0.15, 0.2) is 0 Å². The van der Waals surface area contributed by atoms with E-state index in [9.17, 15) is 18.0 Å². The zero-order valence-corrected chi connectivity index (χ0v) is 25.6. The number of sulfonamides is 1. The number of hydrogen-bond acceptors (Lipinski definition) is 5. The first-order valence-corrected chi connectivity index (χ1v) is 15.3. The Kier molecular flexibility index (Phi) is 10.9. The molecule has 3 rings (SSSR count). The van der Waals surface area contributed by atoms with Gasteiger partial charge in [-0.3, -0.25) is 13.9 Å². The van der Waals surface area contributed by atoms with Crippen molar-refractivity contribution < 1.29 is 22.7 Å². The molecule has 0 aromatic heterocycles. The van der Waals surface area contributed by atoms with Crippen molar-refractivity contribution in [2.45, 2.75) is 58.5 Å². The van der Waals surface area contributed by atoms with Gasteiger partial charge in [-0.05, 0) is 68.1 Å². The Bertz CT molecular complexity index is 1420. The van der Waals surface area contributed by atoms with Crippen LogP contribution in [0.3, 0.4) is 0 Å². The maximum Gasteiger partial charge on any atom is 0.264 e. The first-order valence-electron chi connectivity index (χ1n) is 13.8. The van der Waals surface area contributed by atoms with Gasteiger partial charge in [-0.2, -0.15) is 0 Å². The van der Waals surface area contributed by atoms with Crippen LogP contribution < -0.4 is 14.4 Å². The summed E-state index contributed by atoms with van der Waals surface area (Å²) in [5, 5.41) is 2.94. The van der Waals surface area contributed by atoms with Crippen molar-refractivity contribution in [2.24, 2.45) is 5.92 Å². The van der Waals surface area contributed by atoms with Crippen molar-refractivity contribution in [3.05, 3.63) is 89.5 Å². The SMILES string of the molecule is CC[C@H](C(=O)NCC(C)C)N(Cc1cccc(OC)c1)C(=O)CN(c1ccc(C)cc1)S(=O)(=O)c1ccc(C)cc1. The monoisotopic (exact) mass is 579 g/mol. The molecule has 2 amide bonds. The number of rotatable bonds is 13. The van der Waals surface area contributed by atoms with Crippen molar-refractivity contribution in [2.75, 3.05) is 24.5 Å². The summed E-state index contributed by atoms with van der Waals surface area (Å²) in [6.45, 7) is 9.72. The molecule has 220 valence electrons. The van der Waals surface area contributed by atoms with Crippen LogP contribution >= 0.6 is 0 Å². The van der Waals surface area contributed by atoms with Crippen LogP contribution in [0.1, 0.15) is 43.9 Å². The number of hydrogen-bond donors (Lipinski definition) is 1. The summed E-state index contributed by atoms with van der Waals surface area (Å²) in [4.78, 5) is 29.0. The lowest BCUT2D eigenvalue weighted by molar-refractivity contribution is -0.140. The first-order chi connectivity index (χ1) is 19.5. The van der Waals surface area contributed by atoms with E-state index in [1.54, 1.807) is 67.8 Å². The van der Waals surface area contributed by atoms with Crippen LogP contribution in [0.25, 0.3) is 0 Å². The van der Waals surface area contributed by atoms with Crippen molar-refractivity contribution in [1.82, 2.24) is 10.2 Å². The predicted octanol–water partition coefficient (Wildman–Crippen LogP) is 5.09. The molecular weight excluding hydrogens is 538 g/mol. The average molecular weight is 580 g/mol. The minimum absolute atomic E-state index is 0.0811. The zero-order chi connectivity index (χ0) is 30.2. The predicted molar refractivity (Wildman–Crippen MR) is 162 cm³/mol. The van der Waals surface area contributed by atoms with Gasteiger partial charge in [0.1, 0.15) is 18.3 Å². The Morgan fingerprint density at radius 1 is 0.927 bits per heavy atom. The van der Waals surface area contributed by atoms with Gasteiger partial charge in [-0.25, -0.2) is 8.42 Å². The molecule has 0 spiro atoms. The summed E-state index contributed by atoms with van der Waals surface area (Å²) in [7, 11) is -2.54.